The van der Waals surface area contributed by atoms with Crippen LogP contribution in [0.4, 0.5) is 0 Å². The Hall–Kier alpha value is -1.43. The lowest BCUT2D eigenvalue weighted by Crippen LogP contribution is -2.25. The minimum absolute atomic E-state index is 0.0822. The number of nitrogens with zero attached hydrogens (tertiary/aromatic N) is 1. The van der Waals surface area contributed by atoms with Crippen LogP contribution in [0.2, 0.25) is 0 Å². The molecule has 1 amide bonds. The van der Waals surface area contributed by atoms with Gasteiger partial charge < -0.3 is 10.4 Å². The van der Waals surface area contributed by atoms with Crippen molar-refractivity contribution in [3.05, 3.63) is 16.1 Å². The van der Waals surface area contributed by atoms with E-state index in [0.717, 1.165) is 17.3 Å². The summed E-state index contributed by atoms with van der Waals surface area (Å²) in [6.45, 7) is 0.523. The van der Waals surface area contributed by atoms with E-state index in [0.29, 0.717) is 19.4 Å². The summed E-state index contributed by atoms with van der Waals surface area (Å²) in [6, 6.07) is 0. The number of hydrogen-bond acceptors (Lipinski definition) is 4. The van der Waals surface area contributed by atoms with Gasteiger partial charge in [-0.2, -0.15) is 0 Å². The minimum Gasteiger partial charge on any atom is -0.476 e. The van der Waals surface area contributed by atoms with Crippen molar-refractivity contribution in [1.29, 1.82) is 0 Å². The second kappa shape index (κ2) is 8.88. The van der Waals surface area contributed by atoms with Crippen molar-refractivity contribution in [2.75, 3.05) is 6.54 Å². The summed E-state index contributed by atoms with van der Waals surface area (Å²) < 4.78 is 0. The molecule has 1 fully saturated rings. The molecule has 0 atom stereocenters. The van der Waals surface area contributed by atoms with E-state index >= 15 is 0 Å². The number of nitrogens with one attached hydrogen (secondary N) is 1. The van der Waals surface area contributed by atoms with Crippen molar-refractivity contribution >= 4 is 23.2 Å². The lowest BCUT2D eigenvalue weighted by molar-refractivity contribution is -0.121. The lowest BCUT2D eigenvalue weighted by Gasteiger charge is -2.21. The molecule has 122 valence electrons. The maximum Gasteiger partial charge on any atom is 0.355 e. The number of carbonyl (C=O) groups is 2. The molecule has 1 aliphatic carbocycles. The number of carboxylic acid groups (broad SMARTS) is 1. The van der Waals surface area contributed by atoms with E-state index in [-0.39, 0.29) is 11.6 Å². The van der Waals surface area contributed by atoms with Crippen LogP contribution in [0.3, 0.4) is 0 Å². The molecule has 6 heteroatoms. The normalized spacial score (nSPS) is 15.6. The molecular formula is C16H24N2O3S. The Morgan fingerprint density at radius 3 is 2.77 bits per heavy atom. The molecule has 0 spiro atoms. The number of aromatic carboxylic acids is 1. The van der Waals surface area contributed by atoms with Crippen molar-refractivity contribution < 1.29 is 14.7 Å². The maximum atomic E-state index is 11.8. The first kappa shape index (κ1) is 16.9. The Morgan fingerprint density at radius 2 is 2.09 bits per heavy atom. The van der Waals surface area contributed by atoms with Crippen molar-refractivity contribution in [3.8, 4) is 0 Å². The van der Waals surface area contributed by atoms with Crippen LogP contribution in [0.25, 0.3) is 0 Å². The fraction of sp³-hybridized carbons (Fsp3) is 0.688. The van der Waals surface area contributed by atoms with E-state index in [1.807, 2.05) is 0 Å². The first-order valence-electron chi connectivity index (χ1n) is 8.09. The van der Waals surface area contributed by atoms with E-state index in [1.165, 1.54) is 55.2 Å². The topological polar surface area (TPSA) is 79.3 Å². The molecule has 0 saturated heterocycles. The van der Waals surface area contributed by atoms with Crippen molar-refractivity contribution in [2.45, 2.75) is 57.8 Å². The molecule has 0 aliphatic heterocycles. The Labute approximate surface area is 135 Å². The van der Waals surface area contributed by atoms with Gasteiger partial charge in [0.15, 0.2) is 5.69 Å². The predicted octanol–water partition coefficient (Wildman–Crippen LogP) is 3.25. The average Bonchev–Trinajstić information content (AvgIpc) is 2.97. The van der Waals surface area contributed by atoms with Gasteiger partial charge in [-0.25, -0.2) is 9.78 Å². The molecule has 0 aromatic carbocycles. The lowest BCUT2D eigenvalue weighted by atomic mass is 9.86. The van der Waals surface area contributed by atoms with Crippen LogP contribution >= 0.6 is 11.3 Å². The Bertz CT molecular complexity index is 495. The zero-order chi connectivity index (χ0) is 15.8. The summed E-state index contributed by atoms with van der Waals surface area (Å²) in [4.78, 5) is 26.5. The van der Waals surface area contributed by atoms with E-state index < -0.39 is 5.97 Å². The average molecular weight is 324 g/mol. The molecule has 1 aromatic heterocycles. The smallest absolute Gasteiger partial charge is 0.355 e. The molecule has 0 unspecified atom stereocenters. The fourth-order valence-electron chi connectivity index (χ4n) is 2.95. The quantitative estimate of drug-likeness (QED) is 0.769. The molecule has 22 heavy (non-hydrogen) atoms. The fourth-order valence-corrected chi connectivity index (χ4v) is 3.72. The van der Waals surface area contributed by atoms with E-state index in [9.17, 15) is 9.59 Å². The molecule has 0 radical (unpaired) electrons. The highest BCUT2D eigenvalue weighted by molar-refractivity contribution is 7.09. The summed E-state index contributed by atoms with van der Waals surface area (Å²) in [5, 5.41) is 14.0. The van der Waals surface area contributed by atoms with Gasteiger partial charge in [-0.3, -0.25) is 4.79 Å². The third-order valence-corrected chi connectivity index (χ3v) is 5.08. The van der Waals surface area contributed by atoms with Gasteiger partial charge in [0.1, 0.15) is 0 Å². The molecular weight excluding hydrogens is 300 g/mol. The largest absolute Gasteiger partial charge is 0.476 e. The van der Waals surface area contributed by atoms with Crippen molar-refractivity contribution in [1.82, 2.24) is 10.3 Å². The molecule has 0 bridgehead atoms. The monoisotopic (exact) mass is 324 g/mol. The standard InChI is InChI=1S/C16H24N2O3S/c19-14(8-4-7-12-5-2-1-3-6-12)17-10-9-15-18-13(11-22-15)16(20)21/h11-12H,1-10H2,(H,17,19)(H,20,21). The van der Waals surface area contributed by atoms with Crippen LogP contribution in [-0.2, 0) is 11.2 Å². The molecule has 2 rings (SSSR count). The SMILES string of the molecule is O=C(CCCC1CCCCC1)NCCc1nc(C(=O)O)cs1. The Kier molecular flexibility index (Phi) is 6.83. The van der Waals surface area contributed by atoms with Gasteiger partial charge in [0.05, 0.1) is 5.01 Å². The van der Waals surface area contributed by atoms with Crippen molar-refractivity contribution in [3.63, 3.8) is 0 Å². The zero-order valence-corrected chi connectivity index (χ0v) is 13.7. The third kappa shape index (κ3) is 5.75. The molecule has 1 saturated carbocycles. The number of rotatable bonds is 8. The van der Waals surface area contributed by atoms with Gasteiger partial charge in [0.2, 0.25) is 5.91 Å². The molecule has 1 aromatic rings. The second-order valence-corrected chi connectivity index (χ2v) is 6.87. The number of carboxylic acids is 1. The number of aromatic nitrogens is 1. The third-order valence-electron chi connectivity index (χ3n) is 4.17. The molecule has 1 aliphatic rings. The summed E-state index contributed by atoms with van der Waals surface area (Å²) in [5.74, 6) is -0.0913. The van der Waals surface area contributed by atoms with Gasteiger partial charge in [-0.15, -0.1) is 11.3 Å². The summed E-state index contributed by atoms with van der Waals surface area (Å²) in [7, 11) is 0. The van der Waals surface area contributed by atoms with Crippen molar-refractivity contribution in [2.24, 2.45) is 5.92 Å². The number of hydrogen-bond donors (Lipinski definition) is 2. The zero-order valence-electron chi connectivity index (χ0n) is 12.8. The first-order valence-corrected chi connectivity index (χ1v) is 8.97. The minimum atomic E-state index is -1.01. The van der Waals surface area contributed by atoms with Crippen LogP contribution in [0.1, 0.15) is 66.9 Å². The van der Waals surface area contributed by atoms with Gasteiger partial charge in [-0.1, -0.05) is 32.1 Å². The Morgan fingerprint density at radius 1 is 1.32 bits per heavy atom. The predicted molar refractivity (Wildman–Crippen MR) is 86.2 cm³/mol. The van der Waals surface area contributed by atoms with Gasteiger partial charge in [-0.05, 0) is 18.8 Å². The summed E-state index contributed by atoms with van der Waals surface area (Å²) in [5.41, 5.74) is 0.0822. The van der Waals surface area contributed by atoms with Crippen LogP contribution < -0.4 is 5.32 Å². The summed E-state index contributed by atoms with van der Waals surface area (Å²) >= 11 is 1.32. The molecule has 1 heterocycles. The number of amides is 1. The number of carbonyl (C=O) groups excluding carboxylic acids is 1. The van der Waals surface area contributed by atoms with Gasteiger partial charge in [0, 0.05) is 24.8 Å². The van der Waals surface area contributed by atoms with Gasteiger partial charge in [0.25, 0.3) is 0 Å². The molecule has 2 N–H and O–H groups in total. The highest BCUT2D eigenvalue weighted by Gasteiger charge is 2.13. The van der Waals surface area contributed by atoms with E-state index in [1.54, 1.807) is 0 Å². The highest BCUT2D eigenvalue weighted by Crippen LogP contribution is 2.27. The Balaban J connectivity index is 1.56. The van der Waals surface area contributed by atoms with Crippen LogP contribution in [-0.4, -0.2) is 28.5 Å². The van der Waals surface area contributed by atoms with E-state index in [2.05, 4.69) is 10.3 Å². The summed E-state index contributed by atoms with van der Waals surface area (Å²) in [6.07, 6.45) is 10.1. The van der Waals surface area contributed by atoms with Crippen LogP contribution in [0.5, 0.6) is 0 Å². The van der Waals surface area contributed by atoms with Gasteiger partial charge >= 0.3 is 5.97 Å². The second-order valence-electron chi connectivity index (χ2n) is 5.93. The van der Waals surface area contributed by atoms with Crippen LogP contribution in [0.15, 0.2) is 5.38 Å². The first-order chi connectivity index (χ1) is 10.6. The van der Waals surface area contributed by atoms with E-state index in [4.69, 9.17) is 5.11 Å². The number of thiazole rings is 1. The van der Waals surface area contributed by atoms with Crippen LogP contribution in [0, 0.1) is 5.92 Å². The maximum absolute atomic E-state index is 11.8. The highest BCUT2D eigenvalue weighted by atomic mass is 32.1. The molecule has 5 nitrogen and oxygen atoms in total.